The SMILES string of the molecule is Cc1nn(-c2ccc(NC(=O)c3ccccc3)cc2F)c(C)c1Cl. The molecule has 0 bridgehead atoms. The molecule has 0 unspecified atom stereocenters. The molecule has 1 amide bonds. The second-order valence-corrected chi connectivity index (χ2v) is 5.76. The summed E-state index contributed by atoms with van der Waals surface area (Å²) in [6.45, 7) is 3.53. The molecule has 3 rings (SSSR count). The summed E-state index contributed by atoms with van der Waals surface area (Å²) in [7, 11) is 0. The fraction of sp³-hybridized carbons (Fsp3) is 0.111. The lowest BCUT2D eigenvalue weighted by Crippen LogP contribution is -2.12. The van der Waals surface area contributed by atoms with E-state index < -0.39 is 5.82 Å². The Hall–Kier alpha value is -2.66. The highest BCUT2D eigenvalue weighted by atomic mass is 35.5. The van der Waals surface area contributed by atoms with Gasteiger partial charge in [-0.15, -0.1) is 0 Å². The van der Waals surface area contributed by atoms with Crippen LogP contribution in [0.3, 0.4) is 0 Å². The zero-order valence-corrected chi connectivity index (χ0v) is 13.9. The van der Waals surface area contributed by atoms with Crippen molar-refractivity contribution in [2.45, 2.75) is 13.8 Å². The third kappa shape index (κ3) is 3.03. The van der Waals surface area contributed by atoms with E-state index in [4.69, 9.17) is 11.6 Å². The molecule has 122 valence electrons. The van der Waals surface area contributed by atoms with Crippen LogP contribution in [0.1, 0.15) is 21.7 Å². The van der Waals surface area contributed by atoms with Crippen molar-refractivity contribution in [3.8, 4) is 5.69 Å². The van der Waals surface area contributed by atoms with Gasteiger partial charge >= 0.3 is 0 Å². The molecule has 2 aromatic carbocycles. The van der Waals surface area contributed by atoms with Gasteiger partial charge in [0, 0.05) is 11.3 Å². The number of rotatable bonds is 3. The lowest BCUT2D eigenvalue weighted by molar-refractivity contribution is 0.102. The smallest absolute Gasteiger partial charge is 0.255 e. The monoisotopic (exact) mass is 343 g/mol. The van der Waals surface area contributed by atoms with Crippen molar-refractivity contribution < 1.29 is 9.18 Å². The van der Waals surface area contributed by atoms with Crippen molar-refractivity contribution in [3.63, 3.8) is 0 Å². The zero-order valence-electron chi connectivity index (χ0n) is 13.2. The quantitative estimate of drug-likeness (QED) is 0.759. The fourth-order valence-electron chi connectivity index (χ4n) is 2.41. The van der Waals surface area contributed by atoms with Gasteiger partial charge < -0.3 is 5.32 Å². The molecule has 6 heteroatoms. The van der Waals surface area contributed by atoms with E-state index in [2.05, 4.69) is 10.4 Å². The minimum atomic E-state index is -0.497. The summed E-state index contributed by atoms with van der Waals surface area (Å²) >= 11 is 6.11. The summed E-state index contributed by atoms with van der Waals surface area (Å²) < 4.78 is 15.9. The Labute approximate surface area is 143 Å². The maximum atomic E-state index is 14.5. The van der Waals surface area contributed by atoms with Crippen molar-refractivity contribution >= 4 is 23.2 Å². The summed E-state index contributed by atoms with van der Waals surface area (Å²) in [5.41, 5.74) is 2.45. The molecule has 0 saturated heterocycles. The minimum Gasteiger partial charge on any atom is -0.322 e. The Kier molecular flexibility index (Phi) is 4.36. The highest BCUT2D eigenvalue weighted by molar-refractivity contribution is 6.31. The molecule has 1 heterocycles. The van der Waals surface area contributed by atoms with E-state index in [1.54, 1.807) is 50.2 Å². The molecule has 0 fully saturated rings. The first-order chi connectivity index (χ1) is 11.5. The topological polar surface area (TPSA) is 46.9 Å². The van der Waals surface area contributed by atoms with E-state index in [1.165, 1.54) is 10.7 Å². The van der Waals surface area contributed by atoms with Gasteiger partial charge in [0.15, 0.2) is 5.82 Å². The number of carbonyl (C=O) groups excluding carboxylic acids is 1. The van der Waals surface area contributed by atoms with Gasteiger partial charge in [0.1, 0.15) is 5.69 Å². The number of hydrogen-bond acceptors (Lipinski definition) is 2. The van der Waals surface area contributed by atoms with Gasteiger partial charge in [-0.3, -0.25) is 4.79 Å². The molecule has 0 radical (unpaired) electrons. The van der Waals surface area contributed by atoms with E-state index in [0.717, 1.165) is 0 Å². The van der Waals surface area contributed by atoms with Crippen molar-refractivity contribution in [1.29, 1.82) is 0 Å². The Morgan fingerprint density at radius 2 is 1.88 bits per heavy atom. The lowest BCUT2D eigenvalue weighted by atomic mass is 10.2. The van der Waals surface area contributed by atoms with Gasteiger partial charge in [-0.05, 0) is 44.2 Å². The van der Waals surface area contributed by atoms with E-state index in [0.29, 0.717) is 27.7 Å². The Bertz CT molecular complexity index is 906. The highest BCUT2D eigenvalue weighted by Crippen LogP contribution is 2.25. The minimum absolute atomic E-state index is 0.278. The molecule has 0 aliphatic carbocycles. The first kappa shape index (κ1) is 16.2. The Morgan fingerprint density at radius 3 is 2.46 bits per heavy atom. The van der Waals surface area contributed by atoms with Gasteiger partial charge in [0.05, 0.1) is 16.4 Å². The van der Waals surface area contributed by atoms with E-state index in [9.17, 15) is 9.18 Å². The third-order valence-corrected chi connectivity index (χ3v) is 4.22. The van der Waals surface area contributed by atoms with Crippen molar-refractivity contribution in [1.82, 2.24) is 9.78 Å². The van der Waals surface area contributed by atoms with Crippen LogP contribution in [0.15, 0.2) is 48.5 Å². The zero-order chi connectivity index (χ0) is 17.3. The summed E-state index contributed by atoms with van der Waals surface area (Å²) in [5, 5.41) is 7.42. The molecule has 24 heavy (non-hydrogen) atoms. The number of nitrogens with zero attached hydrogens (tertiary/aromatic N) is 2. The number of aromatic nitrogens is 2. The average Bonchev–Trinajstić information content (AvgIpc) is 2.83. The van der Waals surface area contributed by atoms with Gasteiger partial charge in [0.25, 0.3) is 5.91 Å². The van der Waals surface area contributed by atoms with Crippen molar-refractivity contribution in [2.24, 2.45) is 0 Å². The van der Waals surface area contributed by atoms with Crippen LogP contribution in [0.4, 0.5) is 10.1 Å². The van der Waals surface area contributed by atoms with Gasteiger partial charge in [-0.1, -0.05) is 29.8 Å². The summed E-state index contributed by atoms with van der Waals surface area (Å²) in [5.74, 6) is -0.792. The van der Waals surface area contributed by atoms with Gasteiger partial charge in [-0.25, -0.2) is 9.07 Å². The summed E-state index contributed by atoms with van der Waals surface area (Å²) in [6.07, 6.45) is 0. The standard InChI is InChI=1S/C18H15ClFN3O/c1-11-17(19)12(2)23(22-11)16-9-8-14(10-15(16)20)21-18(24)13-6-4-3-5-7-13/h3-10H,1-2H3,(H,21,24). The first-order valence-electron chi connectivity index (χ1n) is 7.35. The number of hydrogen-bond donors (Lipinski definition) is 1. The fourth-order valence-corrected chi connectivity index (χ4v) is 2.53. The van der Waals surface area contributed by atoms with Crippen LogP contribution >= 0.6 is 11.6 Å². The Morgan fingerprint density at radius 1 is 1.17 bits per heavy atom. The van der Waals surface area contributed by atoms with Crippen LogP contribution in [-0.2, 0) is 0 Å². The van der Waals surface area contributed by atoms with Crippen molar-refractivity contribution in [2.75, 3.05) is 5.32 Å². The molecule has 0 saturated carbocycles. The molecule has 0 aliphatic rings. The van der Waals surface area contributed by atoms with E-state index in [-0.39, 0.29) is 11.6 Å². The number of aryl methyl sites for hydroxylation is 1. The first-order valence-corrected chi connectivity index (χ1v) is 7.73. The Balaban J connectivity index is 1.87. The van der Waals surface area contributed by atoms with Crippen LogP contribution in [0.25, 0.3) is 5.69 Å². The van der Waals surface area contributed by atoms with E-state index in [1.807, 2.05) is 6.07 Å². The molecular weight excluding hydrogens is 329 g/mol. The summed E-state index contributed by atoms with van der Waals surface area (Å²) in [6, 6.07) is 13.2. The number of amides is 1. The third-order valence-electron chi connectivity index (χ3n) is 3.67. The molecule has 0 spiro atoms. The van der Waals surface area contributed by atoms with Gasteiger partial charge in [0.2, 0.25) is 0 Å². The number of benzene rings is 2. The second kappa shape index (κ2) is 6.45. The van der Waals surface area contributed by atoms with Crippen LogP contribution in [0.5, 0.6) is 0 Å². The molecule has 1 aromatic heterocycles. The molecule has 0 aliphatic heterocycles. The lowest BCUT2D eigenvalue weighted by Gasteiger charge is -2.09. The molecule has 0 atom stereocenters. The largest absolute Gasteiger partial charge is 0.322 e. The molecular formula is C18H15ClFN3O. The molecule has 4 nitrogen and oxygen atoms in total. The number of carbonyl (C=O) groups is 1. The van der Waals surface area contributed by atoms with Gasteiger partial charge in [-0.2, -0.15) is 5.10 Å². The number of nitrogens with one attached hydrogen (secondary N) is 1. The normalized spacial score (nSPS) is 10.7. The molecule has 3 aromatic rings. The van der Waals surface area contributed by atoms with E-state index >= 15 is 0 Å². The highest BCUT2D eigenvalue weighted by Gasteiger charge is 2.15. The predicted molar refractivity (Wildman–Crippen MR) is 92.4 cm³/mol. The van der Waals surface area contributed by atoms with Crippen molar-refractivity contribution in [3.05, 3.63) is 76.3 Å². The second-order valence-electron chi connectivity index (χ2n) is 5.38. The van der Waals surface area contributed by atoms with Crippen LogP contribution in [0.2, 0.25) is 5.02 Å². The molecule has 1 N–H and O–H groups in total. The maximum absolute atomic E-state index is 14.5. The average molecular weight is 344 g/mol. The predicted octanol–water partition coefficient (Wildman–Crippen LogP) is 4.53. The number of halogens is 2. The number of anilines is 1. The van der Waals surface area contributed by atoms with Crippen LogP contribution in [0, 0.1) is 19.7 Å². The van der Waals surface area contributed by atoms with Crippen LogP contribution < -0.4 is 5.32 Å². The van der Waals surface area contributed by atoms with Crippen LogP contribution in [-0.4, -0.2) is 15.7 Å². The summed E-state index contributed by atoms with van der Waals surface area (Å²) in [4.78, 5) is 12.1. The maximum Gasteiger partial charge on any atom is 0.255 e.